The fourth-order valence-electron chi connectivity index (χ4n) is 2.48. The van der Waals surface area contributed by atoms with E-state index >= 15 is 0 Å². The summed E-state index contributed by atoms with van der Waals surface area (Å²) >= 11 is 0. The number of nitrogens with zero attached hydrogens (tertiary/aromatic N) is 1. The number of halogens is 3. The maximum absolute atomic E-state index is 12.9. The Bertz CT molecular complexity index is 496. The van der Waals surface area contributed by atoms with Crippen molar-refractivity contribution in [3.63, 3.8) is 0 Å². The fraction of sp³-hybridized carbons (Fsp3) is 0.500. The number of aryl methyl sites for hydroxylation is 1. The van der Waals surface area contributed by atoms with Crippen molar-refractivity contribution in [2.75, 3.05) is 11.4 Å². The molecule has 0 saturated carbocycles. The number of rotatable bonds is 1. The zero-order chi connectivity index (χ0) is 14.2. The molecule has 2 rings (SSSR count). The predicted molar refractivity (Wildman–Crippen MR) is 67.2 cm³/mol. The van der Waals surface area contributed by atoms with Crippen molar-refractivity contribution >= 4 is 11.5 Å². The Balaban J connectivity index is 2.33. The zero-order valence-electron chi connectivity index (χ0n) is 10.9. The van der Waals surface area contributed by atoms with Crippen LogP contribution in [0.1, 0.15) is 30.9 Å². The molecule has 104 valence electrons. The summed E-state index contributed by atoms with van der Waals surface area (Å²) < 4.78 is 38.6. The van der Waals surface area contributed by atoms with Crippen LogP contribution in [-0.2, 0) is 11.0 Å². The highest BCUT2D eigenvalue weighted by Crippen LogP contribution is 2.35. The minimum atomic E-state index is -4.34. The molecule has 2 nitrogen and oxygen atoms in total. The second-order valence-corrected chi connectivity index (χ2v) is 5.03. The number of piperidine rings is 1. The van der Waals surface area contributed by atoms with Gasteiger partial charge in [-0.15, -0.1) is 0 Å². The number of anilines is 1. The lowest BCUT2D eigenvalue weighted by Crippen LogP contribution is -2.41. The van der Waals surface area contributed by atoms with Crippen LogP contribution in [0.15, 0.2) is 18.2 Å². The first kappa shape index (κ1) is 13.9. The summed E-state index contributed by atoms with van der Waals surface area (Å²) in [6.07, 6.45) is -3.54. The molecule has 1 aromatic carbocycles. The lowest BCUT2D eigenvalue weighted by molar-refractivity contribution is -0.138. The van der Waals surface area contributed by atoms with Crippen molar-refractivity contribution in [3.8, 4) is 0 Å². The van der Waals surface area contributed by atoms with Gasteiger partial charge in [0, 0.05) is 31.1 Å². The van der Waals surface area contributed by atoms with E-state index in [1.54, 1.807) is 6.07 Å². The lowest BCUT2D eigenvalue weighted by atomic mass is 10.00. The maximum Gasteiger partial charge on any atom is 0.416 e. The first-order valence-corrected chi connectivity index (χ1v) is 6.25. The molecule has 0 aromatic heterocycles. The number of carbonyl (C=O) groups is 1. The predicted octanol–water partition coefficient (Wildman–Crippen LogP) is 3.57. The Morgan fingerprint density at radius 3 is 2.58 bits per heavy atom. The SMILES string of the molecule is Cc1ccc(N2CCC(=O)CC2C)cc1C(F)(F)F. The largest absolute Gasteiger partial charge is 0.416 e. The molecule has 0 radical (unpaired) electrons. The molecule has 5 heteroatoms. The van der Waals surface area contributed by atoms with Gasteiger partial charge in [-0.3, -0.25) is 4.79 Å². The molecule has 1 atom stereocenters. The molecule has 1 aliphatic heterocycles. The number of benzene rings is 1. The van der Waals surface area contributed by atoms with Gasteiger partial charge in [0.1, 0.15) is 5.78 Å². The molecule has 0 bridgehead atoms. The van der Waals surface area contributed by atoms with Gasteiger partial charge in [0.05, 0.1) is 5.56 Å². The van der Waals surface area contributed by atoms with Crippen LogP contribution in [0.2, 0.25) is 0 Å². The van der Waals surface area contributed by atoms with E-state index in [-0.39, 0.29) is 17.4 Å². The number of hydrogen-bond acceptors (Lipinski definition) is 2. The van der Waals surface area contributed by atoms with Gasteiger partial charge in [0.15, 0.2) is 0 Å². The van der Waals surface area contributed by atoms with Crippen LogP contribution in [0, 0.1) is 6.92 Å². The van der Waals surface area contributed by atoms with Crippen LogP contribution in [0.3, 0.4) is 0 Å². The quantitative estimate of drug-likeness (QED) is 0.778. The molecular formula is C14H16F3NO. The first-order valence-electron chi connectivity index (χ1n) is 6.25. The fourth-order valence-corrected chi connectivity index (χ4v) is 2.48. The van der Waals surface area contributed by atoms with Crippen LogP contribution in [0.25, 0.3) is 0 Å². The van der Waals surface area contributed by atoms with Gasteiger partial charge < -0.3 is 4.90 Å². The number of hydrogen-bond donors (Lipinski definition) is 0. The summed E-state index contributed by atoms with van der Waals surface area (Å²) in [6, 6.07) is 4.31. The smallest absolute Gasteiger partial charge is 0.368 e. The highest BCUT2D eigenvalue weighted by molar-refractivity contribution is 5.81. The molecule has 1 fully saturated rings. The summed E-state index contributed by atoms with van der Waals surface area (Å²) in [6.45, 7) is 3.81. The highest BCUT2D eigenvalue weighted by Gasteiger charge is 2.33. The Kier molecular flexibility index (Phi) is 3.56. The van der Waals surface area contributed by atoms with E-state index in [4.69, 9.17) is 0 Å². The Hall–Kier alpha value is -1.52. The molecule has 0 amide bonds. The zero-order valence-corrected chi connectivity index (χ0v) is 10.9. The third kappa shape index (κ3) is 2.91. The second-order valence-electron chi connectivity index (χ2n) is 5.03. The van der Waals surface area contributed by atoms with E-state index in [1.165, 1.54) is 19.1 Å². The summed E-state index contributed by atoms with van der Waals surface area (Å²) in [7, 11) is 0. The number of Topliss-reactive ketones (excluding diaryl/α,β-unsaturated/α-hetero) is 1. The Morgan fingerprint density at radius 2 is 2.00 bits per heavy atom. The van der Waals surface area contributed by atoms with Crippen molar-refractivity contribution in [1.29, 1.82) is 0 Å². The Labute approximate surface area is 110 Å². The van der Waals surface area contributed by atoms with Crippen molar-refractivity contribution in [2.24, 2.45) is 0 Å². The van der Waals surface area contributed by atoms with Crippen molar-refractivity contribution < 1.29 is 18.0 Å². The topological polar surface area (TPSA) is 20.3 Å². The van der Waals surface area contributed by atoms with E-state index in [0.717, 1.165) is 0 Å². The molecule has 19 heavy (non-hydrogen) atoms. The summed E-state index contributed by atoms with van der Waals surface area (Å²) in [5, 5.41) is 0. The number of ketones is 1. The van der Waals surface area contributed by atoms with Gasteiger partial charge in [0.2, 0.25) is 0 Å². The third-order valence-electron chi connectivity index (χ3n) is 3.54. The van der Waals surface area contributed by atoms with Gasteiger partial charge in [-0.05, 0) is 31.5 Å². The molecule has 1 heterocycles. The first-order chi connectivity index (χ1) is 8.79. The second kappa shape index (κ2) is 4.87. The van der Waals surface area contributed by atoms with E-state index in [9.17, 15) is 18.0 Å². The maximum atomic E-state index is 12.9. The normalized spacial score (nSPS) is 20.8. The number of carbonyl (C=O) groups excluding carboxylic acids is 1. The van der Waals surface area contributed by atoms with Gasteiger partial charge in [-0.1, -0.05) is 6.07 Å². The highest BCUT2D eigenvalue weighted by atomic mass is 19.4. The van der Waals surface area contributed by atoms with Crippen molar-refractivity contribution in [2.45, 2.75) is 38.9 Å². The minimum absolute atomic E-state index is 0.0509. The monoisotopic (exact) mass is 271 g/mol. The van der Waals surface area contributed by atoms with Crippen LogP contribution in [0.4, 0.5) is 18.9 Å². The standard InChI is InChI=1S/C14H16F3NO/c1-9-3-4-11(8-13(9)14(15,16)17)18-6-5-12(19)7-10(18)2/h3-4,8,10H,5-7H2,1-2H3. The summed E-state index contributed by atoms with van der Waals surface area (Å²) in [4.78, 5) is 13.2. The van der Waals surface area contributed by atoms with E-state index in [0.29, 0.717) is 25.1 Å². The van der Waals surface area contributed by atoms with Gasteiger partial charge >= 0.3 is 6.18 Å². The van der Waals surface area contributed by atoms with Crippen LogP contribution in [-0.4, -0.2) is 18.4 Å². The molecule has 0 N–H and O–H groups in total. The molecule has 1 aliphatic rings. The molecule has 0 aliphatic carbocycles. The summed E-state index contributed by atoms with van der Waals surface area (Å²) in [5.41, 5.74) is 0.156. The minimum Gasteiger partial charge on any atom is -0.368 e. The van der Waals surface area contributed by atoms with Gasteiger partial charge in [-0.25, -0.2) is 0 Å². The van der Waals surface area contributed by atoms with Gasteiger partial charge in [0.25, 0.3) is 0 Å². The Morgan fingerprint density at radius 1 is 1.32 bits per heavy atom. The van der Waals surface area contributed by atoms with E-state index < -0.39 is 11.7 Å². The van der Waals surface area contributed by atoms with E-state index in [2.05, 4.69) is 0 Å². The number of alkyl halides is 3. The van der Waals surface area contributed by atoms with Gasteiger partial charge in [-0.2, -0.15) is 13.2 Å². The average molecular weight is 271 g/mol. The van der Waals surface area contributed by atoms with Crippen LogP contribution < -0.4 is 4.90 Å². The molecule has 1 unspecified atom stereocenters. The third-order valence-corrected chi connectivity index (χ3v) is 3.54. The molecule has 1 aromatic rings. The van der Waals surface area contributed by atoms with Crippen molar-refractivity contribution in [3.05, 3.63) is 29.3 Å². The summed E-state index contributed by atoms with van der Waals surface area (Å²) in [5.74, 6) is 0.173. The average Bonchev–Trinajstić information content (AvgIpc) is 2.29. The van der Waals surface area contributed by atoms with E-state index in [1.807, 2.05) is 11.8 Å². The van der Waals surface area contributed by atoms with Crippen LogP contribution >= 0.6 is 0 Å². The molecule has 1 saturated heterocycles. The molecular weight excluding hydrogens is 255 g/mol. The lowest BCUT2D eigenvalue weighted by Gasteiger charge is -2.35. The van der Waals surface area contributed by atoms with Crippen LogP contribution in [0.5, 0.6) is 0 Å². The molecule has 0 spiro atoms. The van der Waals surface area contributed by atoms with Crippen molar-refractivity contribution in [1.82, 2.24) is 0 Å².